The quantitative estimate of drug-likeness (QED) is 0.600. The van der Waals surface area contributed by atoms with Crippen LogP contribution in [0.4, 0.5) is 5.69 Å². The number of aryl methyl sites for hydroxylation is 1. The summed E-state index contributed by atoms with van der Waals surface area (Å²) in [5.74, 6) is 5.17. The number of carbonyl (C=O) groups is 1. The molecule has 1 atom stereocenters. The zero-order valence-electron chi connectivity index (χ0n) is 16.9. The second-order valence-corrected chi connectivity index (χ2v) is 10.0. The van der Waals surface area contributed by atoms with Crippen LogP contribution in [0.5, 0.6) is 0 Å². The molecule has 5 nitrogen and oxygen atoms in total. The van der Waals surface area contributed by atoms with Gasteiger partial charge in [0.05, 0.1) is 10.4 Å². The van der Waals surface area contributed by atoms with Gasteiger partial charge < -0.3 is 10.0 Å². The van der Waals surface area contributed by atoms with E-state index in [2.05, 4.69) is 30.9 Å². The largest absolute Gasteiger partial charge is 0.478 e. The molecular formula is C22H29N3O2S. The molecule has 1 aromatic carbocycles. The Kier molecular flexibility index (Phi) is 4.98. The van der Waals surface area contributed by atoms with Gasteiger partial charge in [-0.25, -0.2) is 9.80 Å². The summed E-state index contributed by atoms with van der Waals surface area (Å²) in [7, 11) is 1.91. The first-order valence-electron chi connectivity index (χ1n) is 9.96. The van der Waals surface area contributed by atoms with Crippen molar-refractivity contribution in [3.8, 4) is 10.4 Å². The molecule has 2 heterocycles. The SMILES string of the molecule is CN(N)[C@@H]1CCN(c2ccccc2-c2sc3c(c2C(=O)O)CC(C)(C)CC3)C1. The molecule has 4 rings (SSSR count). The highest BCUT2D eigenvalue weighted by Gasteiger charge is 2.34. The summed E-state index contributed by atoms with van der Waals surface area (Å²) in [6, 6.07) is 8.56. The van der Waals surface area contributed by atoms with E-state index in [4.69, 9.17) is 5.84 Å². The first-order chi connectivity index (χ1) is 13.3. The van der Waals surface area contributed by atoms with Crippen LogP contribution in [0.25, 0.3) is 10.4 Å². The van der Waals surface area contributed by atoms with Crippen LogP contribution in [0.15, 0.2) is 24.3 Å². The van der Waals surface area contributed by atoms with E-state index in [9.17, 15) is 9.90 Å². The lowest BCUT2D eigenvalue weighted by Gasteiger charge is -2.29. The Balaban J connectivity index is 1.79. The van der Waals surface area contributed by atoms with Crippen molar-refractivity contribution in [1.29, 1.82) is 0 Å². The van der Waals surface area contributed by atoms with Crippen LogP contribution in [0.1, 0.15) is 47.5 Å². The number of benzene rings is 1. The van der Waals surface area contributed by atoms with Gasteiger partial charge in [0.1, 0.15) is 0 Å². The number of aromatic carboxylic acids is 1. The molecule has 1 aliphatic carbocycles. The van der Waals surface area contributed by atoms with Crippen molar-refractivity contribution in [1.82, 2.24) is 5.01 Å². The highest BCUT2D eigenvalue weighted by atomic mass is 32.1. The molecule has 0 radical (unpaired) electrons. The Morgan fingerprint density at radius 3 is 2.79 bits per heavy atom. The number of rotatable bonds is 4. The molecule has 1 saturated heterocycles. The minimum absolute atomic E-state index is 0.156. The molecule has 3 N–H and O–H groups in total. The second-order valence-electron chi connectivity index (χ2n) is 8.93. The lowest BCUT2D eigenvalue weighted by molar-refractivity contribution is 0.0696. The summed E-state index contributed by atoms with van der Waals surface area (Å²) in [6.07, 6.45) is 3.94. The van der Waals surface area contributed by atoms with Crippen LogP contribution in [-0.4, -0.2) is 42.3 Å². The van der Waals surface area contributed by atoms with E-state index in [1.165, 1.54) is 4.88 Å². The summed E-state index contributed by atoms with van der Waals surface area (Å²) in [5.41, 5.74) is 3.89. The van der Waals surface area contributed by atoms with Crippen molar-refractivity contribution in [3.63, 3.8) is 0 Å². The van der Waals surface area contributed by atoms with Crippen molar-refractivity contribution in [2.24, 2.45) is 11.3 Å². The van der Waals surface area contributed by atoms with E-state index >= 15 is 0 Å². The Labute approximate surface area is 170 Å². The number of hydrazine groups is 1. The van der Waals surface area contributed by atoms with Crippen LogP contribution in [0.3, 0.4) is 0 Å². The van der Waals surface area contributed by atoms with Crippen LogP contribution >= 0.6 is 11.3 Å². The summed E-state index contributed by atoms with van der Waals surface area (Å²) in [5, 5.41) is 11.9. The number of carboxylic acid groups (broad SMARTS) is 1. The first-order valence-corrected chi connectivity index (χ1v) is 10.8. The summed E-state index contributed by atoms with van der Waals surface area (Å²) >= 11 is 1.68. The van der Waals surface area contributed by atoms with Crippen LogP contribution < -0.4 is 10.7 Å². The fraction of sp³-hybridized carbons (Fsp3) is 0.500. The maximum Gasteiger partial charge on any atom is 0.337 e. The minimum Gasteiger partial charge on any atom is -0.478 e. The number of hydrogen-bond acceptors (Lipinski definition) is 5. The molecule has 0 spiro atoms. The molecule has 6 heteroatoms. The number of nitrogens with zero attached hydrogens (tertiary/aromatic N) is 2. The van der Waals surface area contributed by atoms with Gasteiger partial charge >= 0.3 is 5.97 Å². The Hall–Kier alpha value is -1.89. The van der Waals surface area contributed by atoms with Gasteiger partial charge in [-0.2, -0.15) is 0 Å². The fourth-order valence-electron chi connectivity index (χ4n) is 4.57. The maximum absolute atomic E-state index is 12.3. The van der Waals surface area contributed by atoms with Crippen LogP contribution in [0.2, 0.25) is 0 Å². The number of hydrogen-bond donors (Lipinski definition) is 2. The van der Waals surface area contributed by atoms with E-state index < -0.39 is 5.97 Å². The zero-order valence-corrected chi connectivity index (χ0v) is 17.7. The lowest BCUT2D eigenvalue weighted by Crippen LogP contribution is -2.39. The molecule has 1 aromatic heterocycles. The zero-order chi connectivity index (χ0) is 20.1. The van der Waals surface area contributed by atoms with Gasteiger partial charge in [0.2, 0.25) is 0 Å². The predicted molar refractivity (Wildman–Crippen MR) is 115 cm³/mol. The highest BCUT2D eigenvalue weighted by molar-refractivity contribution is 7.16. The van der Waals surface area contributed by atoms with Gasteiger partial charge in [-0.05, 0) is 42.7 Å². The Morgan fingerprint density at radius 2 is 2.11 bits per heavy atom. The molecule has 150 valence electrons. The van der Waals surface area contributed by atoms with E-state index in [1.807, 2.05) is 19.2 Å². The van der Waals surface area contributed by atoms with E-state index in [1.54, 1.807) is 16.3 Å². The van der Waals surface area contributed by atoms with Crippen molar-refractivity contribution < 1.29 is 9.90 Å². The van der Waals surface area contributed by atoms with E-state index in [0.717, 1.165) is 60.5 Å². The van der Waals surface area contributed by atoms with Crippen molar-refractivity contribution in [3.05, 3.63) is 40.3 Å². The summed E-state index contributed by atoms with van der Waals surface area (Å²) in [4.78, 5) is 16.8. The lowest BCUT2D eigenvalue weighted by atomic mass is 9.76. The van der Waals surface area contributed by atoms with Gasteiger partial charge in [0.25, 0.3) is 0 Å². The molecule has 28 heavy (non-hydrogen) atoms. The maximum atomic E-state index is 12.3. The smallest absolute Gasteiger partial charge is 0.337 e. The van der Waals surface area contributed by atoms with Gasteiger partial charge in [-0.15, -0.1) is 11.3 Å². The first kappa shape index (κ1) is 19.4. The van der Waals surface area contributed by atoms with Gasteiger partial charge in [0, 0.05) is 42.3 Å². The topological polar surface area (TPSA) is 69.8 Å². The number of anilines is 1. The normalized spacial score (nSPS) is 21.2. The third-order valence-corrected chi connectivity index (χ3v) is 7.54. The second kappa shape index (κ2) is 7.17. The van der Waals surface area contributed by atoms with Gasteiger partial charge in [0.15, 0.2) is 0 Å². The number of nitrogens with two attached hydrogens (primary N) is 1. The van der Waals surface area contributed by atoms with Crippen molar-refractivity contribution in [2.45, 2.75) is 45.6 Å². The van der Waals surface area contributed by atoms with Gasteiger partial charge in [-0.3, -0.25) is 5.84 Å². The molecule has 1 fully saturated rings. The minimum atomic E-state index is -0.805. The number of fused-ring (bicyclic) bond motifs is 1. The van der Waals surface area contributed by atoms with Crippen molar-refractivity contribution >= 4 is 23.0 Å². The van der Waals surface area contributed by atoms with Gasteiger partial charge in [-0.1, -0.05) is 32.0 Å². The number of para-hydroxylation sites is 1. The average Bonchev–Trinajstić information content (AvgIpc) is 3.25. The number of carboxylic acids is 1. The summed E-state index contributed by atoms with van der Waals surface area (Å²) < 4.78 is 0. The third-order valence-electron chi connectivity index (χ3n) is 6.22. The average molecular weight is 400 g/mol. The molecule has 2 aromatic rings. The molecule has 0 bridgehead atoms. The van der Waals surface area contributed by atoms with E-state index in [-0.39, 0.29) is 5.41 Å². The Morgan fingerprint density at radius 1 is 1.36 bits per heavy atom. The van der Waals surface area contributed by atoms with Crippen molar-refractivity contribution in [2.75, 3.05) is 25.0 Å². The number of likely N-dealkylation sites (N-methyl/N-ethyl adjacent to an activating group) is 1. The molecule has 2 aliphatic rings. The third kappa shape index (κ3) is 3.45. The van der Waals surface area contributed by atoms with Crippen LogP contribution in [-0.2, 0) is 12.8 Å². The van der Waals surface area contributed by atoms with Crippen LogP contribution in [0, 0.1) is 5.41 Å². The number of thiophene rings is 1. The molecule has 0 saturated carbocycles. The molecule has 0 amide bonds. The fourth-order valence-corrected chi connectivity index (χ4v) is 5.91. The molecular weight excluding hydrogens is 370 g/mol. The standard InChI is InChI=1S/C22H29N3O2S/c1-22(2)10-8-18-16(12-22)19(21(26)27)20(28-18)15-6-4-5-7-17(15)25-11-9-14(13-25)24(3)23/h4-7,14H,8-13,23H2,1-3H3,(H,26,27)/t14-/m1/s1. The van der Waals surface area contributed by atoms with E-state index in [0.29, 0.717) is 11.6 Å². The predicted octanol–water partition coefficient (Wildman–Crippen LogP) is 4.01. The summed E-state index contributed by atoms with van der Waals surface area (Å²) in [6.45, 7) is 6.27. The molecule has 1 aliphatic heterocycles. The Bertz CT molecular complexity index is 903. The monoisotopic (exact) mass is 399 g/mol. The molecule has 0 unspecified atom stereocenters. The highest BCUT2D eigenvalue weighted by Crippen LogP contribution is 2.47.